The molecule has 2 rings (SSSR count). The van der Waals surface area contributed by atoms with E-state index in [0.29, 0.717) is 31.8 Å². The van der Waals surface area contributed by atoms with Crippen LogP contribution in [-0.4, -0.2) is 77.6 Å². The van der Waals surface area contributed by atoms with Crippen molar-refractivity contribution >= 4 is 35.4 Å². The lowest BCUT2D eigenvalue weighted by Gasteiger charge is -2.35. The lowest BCUT2D eigenvalue weighted by atomic mass is 9.77. The van der Waals surface area contributed by atoms with Gasteiger partial charge in [-0.2, -0.15) is 0 Å². The van der Waals surface area contributed by atoms with E-state index in [1.165, 1.54) is 23.8 Å². The second-order valence-electron chi connectivity index (χ2n) is 14.5. The van der Waals surface area contributed by atoms with Gasteiger partial charge < -0.3 is 25.6 Å². The third-order valence-electron chi connectivity index (χ3n) is 7.95. The van der Waals surface area contributed by atoms with E-state index in [4.69, 9.17) is 4.74 Å². The van der Waals surface area contributed by atoms with E-state index in [0.717, 1.165) is 25.7 Å². The van der Waals surface area contributed by atoms with Gasteiger partial charge in [-0.3, -0.25) is 28.8 Å². The summed E-state index contributed by atoms with van der Waals surface area (Å²) in [5.74, 6) is -3.95. The molecule has 1 aliphatic carbocycles. The zero-order chi connectivity index (χ0) is 35.1. The monoisotopic (exact) mass is 648 g/mol. The highest BCUT2D eigenvalue weighted by Crippen LogP contribution is 2.34. The minimum atomic E-state index is -1.20. The normalized spacial score (nSPS) is 18.3. The second-order valence-corrected chi connectivity index (χ2v) is 14.5. The summed E-state index contributed by atoms with van der Waals surface area (Å²) in [5.41, 5.74) is -1.28. The number of hydrogen-bond acceptors (Lipinski definition) is 7. The number of esters is 1. The molecule has 1 heterocycles. The Morgan fingerprint density at radius 1 is 0.913 bits per heavy atom. The average molecular weight is 649 g/mol. The van der Waals surface area contributed by atoms with Gasteiger partial charge >= 0.3 is 5.97 Å². The number of likely N-dealkylation sites (tertiary alicyclic amines) is 1. The maximum Gasteiger partial charge on any atom is 0.307 e. The molecule has 1 aliphatic heterocycles. The molecule has 2 aliphatic rings. The molecule has 11 heteroatoms. The zero-order valence-corrected chi connectivity index (χ0v) is 29.6. The van der Waals surface area contributed by atoms with Crippen molar-refractivity contribution in [3.05, 3.63) is 12.7 Å². The number of Topliss-reactive ketones (excluding diaryl/α,β-unsaturated/α-hetero) is 1. The zero-order valence-electron chi connectivity index (χ0n) is 29.6. The van der Waals surface area contributed by atoms with Crippen molar-refractivity contribution in [1.82, 2.24) is 20.9 Å². The molecule has 262 valence electrons. The van der Waals surface area contributed by atoms with Gasteiger partial charge in [-0.15, -0.1) is 6.58 Å². The molecule has 1 saturated carbocycles. The Balaban J connectivity index is 0.00000338. The van der Waals surface area contributed by atoms with Gasteiger partial charge in [0.1, 0.15) is 17.7 Å². The van der Waals surface area contributed by atoms with Gasteiger partial charge in [0.15, 0.2) is 0 Å². The summed E-state index contributed by atoms with van der Waals surface area (Å²) in [6.45, 7) is 19.3. The number of hydrogen-bond donors (Lipinski definition) is 3. The smallest absolute Gasteiger partial charge is 0.307 e. The summed E-state index contributed by atoms with van der Waals surface area (Å²) in [6, 6.07) is -2.06. The highest BCUT2D eigenvalue weighted by Gasteiger charge is 2.43. The Labute approximate surface area is 276 Å². The molecule has 3 N–H and O–H groups in total. The lowest BCUT2D eigenvalue weighted by Crippen LogP contribution is -2.55. The molecule has 4 amide bonds. The number of rotatable bonds is 13. The molecule has 2 fully saturated rings. The lowest BCUT2D eigenvalue weighted by molar-refractivity contribution is -0.161. The van der Waals surface area contributed by atoms with Crippen molar-refractivity contribution in [1.29, 1.82) is 0 Å². The number of nitrogens with one attached hydrogen (secondary N) is 3. The largest absolute Gasteiger partial charge is 0.460 e. The summed E-state index contributed by atoms with van der Waals surface area (Å²) in [4.78, 5) is 79.0. The number of nitrogens with zero attached hydrogens (tertiary/aromatic N) is 1. The third-order valence-corrected chi connectivity index (χ3v) is 7.95. The summed E-state index contributed by atoms with van der Waals surface area (Å²) in [6.07, 6.45) is 9.14. The minimum absolute atomic E-state index is 0.00417. The van der Waals surface area contributed by atoms with Crippen LogP contribution in [0.25, 0.3) is 0 Å². The van der Waals surface area contributed by atoms with Crippen LogP contribution in [0.1, 0.15) is 120 Å². The molecule has 0 bridgehead atoms. The average Bonchev–Trinajstić information content (AvgIpc) is 3.46. The number of ether oxygens (including phenoxy) is 1. The number of ketones is 1. The molecule has 0 radical (unpaired) electrons. The van der Waals surface area contributed by atoms with Crippen LogP contribution >= 0.6 is 0 Å². The Hall–Kier alpha value is -3.24. The first-order chi connectivity index (χ1) is 21.4. The summed E-state index contributed by atoms with van der Waals surface area (Å²) in [5, 5.41) is 7.78. The molecule has 0 aromatic carbocycles. The third kappa shape index (κ3) is 14.5. The Morgan fingerprint density at radius 3 is 2.07 bits per heavy atom. The molecule has 0 aromatic heterocycles. The van der Waals surface area contributed by atoms with Crippen molar-refractivity contribution < 1.29 is 33.5 Å². The van der Waals surface area contributed by atoms with Crippen LogP contribution in [0, 0.1) is 17.3 Å². The van der Waals surface area contributed by atoms with Crippen molar-refractivity contribution in [2.24, 2.45) is 17.3 Å². The van der Waals surface area contributed by atoms with Gasteiger partial charge in [-0.1, -0.05) is 66.4 Å². The predicted molar refractivity (Wildman–Crippen MR) is 178 cm³/mol. The van der Waals surface area contributed by atoms with Crippen LogP contribution in [0.5, 0.6) is 0 Å². The molecule has 46 heavy (non-hydrogen) atoms. The van der Waals surface area contributed by atoms with E-state index < -0.39 is 52.6 Å². The minimum Gasteiger partial charge on any atom is -0.460 e. The fourth-order valence-corrected chi connectivity index (χ4v) is 5.60. The number of carbonyl (C=O) groups is 6. The van der Waals surface area contributed by atoms with Gasteiger partial charge in [0.05, 0.1) is 18.9 Å². The Bertz CT molecular complexity index is 1050. The van der Waals surface area contributed by atoms with E-state index in [9.17, 15) is 28.8 Å². The quantitative estimate of drug-likeness (QED) is 0.154. The maximum absolute atomic E-state index is 13.7. The van der Waals surface area contributed by atoms with Crippen LogP contribution in [0.15, 0.2) is 12.7 Å². The second kappa shape index (κ2) is 19.4. The maximum atomic E-state index is 13.7. The first kappa shape index (κ1) is 40.8. The molecular formula is C35H60N4O7. The van der Waals surface area contributed by atoms with Gasteiger partial charge in [0, 0.05) is 13.1 Å². The highest BCUT2D eigenvalue weighted by molar-refractivity contribution is 6.38. The fraction of sp³-hybridized carbons (Fsp3) is 0.771. The summed E-state index contributed by atoms with van der Waals surface area (Å²) >= 11 is 0. The fourth-order valence-electron chi connectivity index (χ4n) is 5.60. The number of carbonyl (C=O) groups excluding carboxylic acids is 6. The molecule has 0 aromatic rings. The first-order valence-electron chi connectivity index (χ1n) is 17.0. The van der Waals surface area contributed by atoms with E-state index in [1.54, 1.807) is 20.8 Å². The number of amides is 4. The molecule has 0 spiro atoms. The van der Waals surface area contributed by atoms with Crippen molar-refractivity contribution in [3.8, 4) is 0 Å². The van der Waals surface area contributed by atoms with Gasteiger partial charge in [-0.05, 0) is 64.2 Å². The Morgan fingerprint density at radius 2 is 1.52 bits per heavy atom. The van der Waals surface area contributed by atoms with Crippen molar-refractivity contribution in [2.45, 2.75) is 137 Å². The molecule has 1 unspecified atom stereocenters. The summed E-state index contributed by atoms with van der Waals surface area (Å²) < 4.78 is 5.46. The van der Waals surface area contributed by atoms with Gasteiger partial charge in [0.2, 0.25) is 23.5 Å². The molecular weight excluding hydrogens is 588 g/mol. The van der Waals surface area contributed by atoms with E-state index in [2.05, 4.69) is 36.4 Å². The first-order valence-corrected chi connectivity index (χ1v) is 17.0. The van der Waals surface area contributed by atoms with E-state index in [-0.39, 0.29) is 31.2 Å². The van der Waals surface area contributed by atoms with Crippen LogP contribution in [-0.2, 0) is 33.5 Å². The standard InChI is InChI=1S/C32H52N4O7.C3H8/c1-8-13-23(27(39)29(41)34-20-25(37)33-19-21-14-10-9-11-15-21)35-28(40)24-16-12-17-36(24)30(42)22(31(2,3)4)18-26(38)43-32(5,6)7;1-3-2/h8,21-24H,1,9-20H2,2-7H3,(H,33,37)(H,34,41)(H,35,40);3H2,1-2H3/t22-,23?,24+;/m1./s1. The Kier molecular flexibility index (Phi) is 17.2. The van der Waals surface area contributed by atoms with E-state index in [1.807, 2.05) is 20.8 Å². The van der Waals surface area contributed by atoms with Gasteiger partial charge in [-0.25, -0.2) is 0 Å². The van der Waals surface area contributed by atoms with Crippen molar-refractivity contribution in [3.63, 3.8) is 0 Å². The summed E-state index contributed by atoms with van der Waals surface area (Å²) in [7, 11) is 0. The van der Waals surface area contributed by atoms with Crippen molar-refractivity contribution in [2.75, 3.05) is 19.6 Å². The molecule has 3 atom stereocenters. The topological polar surface area (TPSA) is 151 Å². The van der Waals surface area contributed by atoms with Crippen LogP contribution in [0.4, 0.5) is 0 Å². The van der Waals surface area contributed by atoms with Crippen LogP contribution in [0.2, 0.25) is 0 Å². The van der Waals surface area contributed by atoms with E-state index >= 15 is 0 Å². The van der Waals surface area contributed by atoms with Crippen LogP contribution in [0.3, 0.4) is 0 Å². The molecule has 1 saturated heterocycles. The molecule has 11 nitrogen and oxygen atoms in total. The van der Waals surface area contributed by atoms with Gasteiger partial charge in [0.25, 0.3) is 5.91 Å². The highest BCUT2D eigenvalue weighted by atomic mass is 16.6. The SMILES string of the molecule is C=CCC(NC(=O)[C@@H]1CCCN1C(=O)[C@@H](CC(=O)OC(C)(C)C)C(C)(C)C)C(=O)C(=O)NCC(=O)NCC1CCCCC1.CCC. The predicted octanol–water partition coefficient (Wildman–Crippen LogP) is 4.23. The van der Waals surface area contributed by atoms with Crippen LogP contribution < -0.4 is 16.0 Å².